The highest BCUT2D eigenvalue weighted by Gasteiger charge is 2.48. The van der Waals surface area contributed by atoms with E-state index in [1.807, 2.05) is 55.4 Å². The first-order chi connectivity index (χ1) is 14.5. The monoisotopic (exact) mass is 454 g/mol. The summed E-state index contributed by atoms with van der Waals surface area (Å²) in [6.45, 7) is 15.0. The first kappa shape index (κ1) is 27.0. The molecule has 0 unspecified atom stereocenters. The lowest BCUT2D eigenvalue weighted by Gasteiger charge is -2.49. The fourth-order valence-corrected chi connectivity index (χ4v) is 5.54. The Morgan fingerprint density at radius 1 is 0.625 bits per heavy atom. The third-order valence-corrected chi connectivity index (χ3v) is 6.72. The number of carbonyl (C=O) groups excluding carboxylic acids is 2. The third kappa shape index (κ3) is 6.65. The van der Waals surface area contributed by atoms with Crippen molar-refractivity contribution in [1.82, 2.24) is 10.1 Å². The van der Waals surface area contributed by atoms with Crippen LogP contribution in [-0.4, -0.2) is 56.4 Å². The SMILES string of the molecule is CC1(C)CC(OC(=O)CCCCC(=O)OC2CC(C)(C)N([O])C(C)(C)C2)CC(C)(C)N1[O]. The van der Waals surface area contributed by atoms with E-state index in [-0.39, 0.29) is 37.0 Å². The van der Waals surface area contributed by atoms with E-state index < -0.39 is 22.2 Å². The van der Waals surface area contributed by atoms with E-state index in [9.17, 15) is 20.0 Å². The zero-order chi connectivity index (χ0) is 24.5. The molecule has 2 aliphatic heterocycles. The van der Waals surface area contributed by atoms with Gasteiger partial charge in [-0.3, -0.25) is 9.59 Å². The molecule has 0 aromatic rings. The van der Waals surface area contributed by atoms with Crippen LogP contribution in [0.1, 0.15) is 107 Å². The highest BCUT2D eigenvalue weighted by molar-refractivity contribution is 5.71. The van der Waals surface area contributed by atoms with Gasteiger partial charge >= 0.3 is 11.9 Å². The molecule has 0 amide bonds. The highest BCUT2D eigenvalue weighted by Crippen LogP contribution is 2.39. The lowest BCUT2D eigenvalue weighted by molar-refractivity contribution is -0.299. The molecule has 2 heterocycles. The van der Waals surface area contributed by atoms with Crippen molar-refractivity contribution in [2.75, 3.05) is 0 Å². The van der Waals surface area contributed by atoms with Crippen LogP contribution in [0.2, 0.25) is 0 Å². The smallest absolute Gasteiger partial charge is 0.306 e. The van der Waals surface area contributed by atoms with Gasteiger partial charge in [-0.15, -0.1) is 20.5 Å². The molecule has 184 valence electrons. The number of esters is 2. The van der Waals surface area contributed by atoms with Crippen LogP contribution in [0.25, 0.3) is 0 Å². The maximum absolute atomic E-state index is 12.4. The predicted molar refractivity (Wildman–Crippen MR) is 118 cm³/mol. The lowest BCUT2D eigenvalue weighted by atomic mass is 9.80. The van der Waals surface area contributed by atoms with E-state index >= 15 is 0 Å². The van der Waals surface area contributed by atoms with Crippen molar-refractivity contribution < 1.29 is 29.5 Å². The predicted octanol–water partition coefficient (Wildman–Crippen LogP) is 4.37. The van der Waals surface area contributed by atoms with Gasteiger partial charge in [-0.05, 0) is 68.2 Å². The molecule has 8 nitrogen and oxygen atoms in total. The number of hydrogen-bond donors (Lipinski definition) is 0. The van der Waals surface area contributed by atoms with Crippen LogP contribution in [0.5, 0.6) is 0 Å². The van der Waals surface area contributed by atoms with E-state index in [0.717, 1.165) is 10.1 Å². The molecule has 0 atom stereocenters. The quantitative estimate of drug-likeness (QED) is 0.418. The second-order valence-electron chi connectivity index (χ2n) is 12.1. The zero-order valence-corrected chi connectivity index (χ0v) is 21.2. The minimum atomic E-state index is -0.582. The molecule has 2 rings (SSSR count). The Balaban J connectivity index is 1.71. The molecular weight excluding hydrogens is 412 g/mol. The van der Waals surface area contributed by atoms with Crippen molar-refractivity contribution in [3.05, 3.63) is 0 Å². The molecule has 0 spiro atoms. The first-order valence-electron chi connectivity index (χ1n) is 11.8. The normalized spacial score (nSPS) is 25.9. The largest absolute Gasteiger partial charge is 0.462 e. The van der Waals surface area contributed by atoms with Crippen molar-refractivity contribution in [2.24, 2.45) is 0 Å². The first-order valence-corrected chi connectivity index (χ1v) is 11.8. The Hall–Kier alpha value is -1.22. The van der Waals surface area contributed by atoms with Crippen LogP contribution in [0, 0.1) is 0 Å². The molecule has 0 saturated carbocycles. The van der Waals surface area contributed by atoms with Gasteiger partial charge < -0.3 is 9.47 Å². The Morgan fingerprint density at radius 2 is 0.875 bits per heavy atom. The number of carbonyl (C=O) groups is 2. The van der Waals surface area contributed by atoms with Gasteiger partial charge in [0.2, 0.25) is 0 Å². The molecule has 2 aliphatic rings. The van der Waals surface area contributed by atoms with Gasteiger partial charge in [0.1, 0.15) is 12.2 Å². The minimum absolute atomic E-state index is 0.236. The van der Waals surface area contributed by atoms with Gasteiger partial charge in [0.15, 0.2) is 0 Å². The summed E-state index contributed by atoms with van der Waals surface area (Å²) in [5, 5.41) is 27.1. The molecule has 0 N–H and O–H groups in total. The number of unbranched alkanes of at least 4 members (excludes halogenated alkanes) is 1. The second-order valence-corrected chi connectivity index (χ2v) is 12.1. The fraction of sp³-hybridized carbons (Fsp3) is 0.917. The zero-order valence-electron chi connectivity index (χ0n) is 21.2. The van der Waals surface area contributed by atoms with E-state index in [1.165, 1.54) is 0 Å². The number of ether oxygens (including phenoxy) is 2. The highest BCUT2D eigenvalue weighted by atomic mass is 16.6. The molecule has 2 radical (unpaired) electrons. The summed E-state index contributed by atoms with van der Waals surface area (Å²) in [6, 6.07) is 0. The van der Waals surface area contributed by atoms with Crippen LogP contribution in [0.4, 0.5) is 0 Å². The summed E-state index contributed by atoms with van der Waals surface area (Å²) in [5.74, 6) is -0.582. The molecule has 2 saturated heterocycles. The van der Waals surface area contributed by atoms with Gasteiger partial charge in [-0.1, -0.05) is 0 Å². The van der Waals surface area contributed by atoms with Crippen LogP contribution in [0.3, 0.4) is 0 Å². The number of nitrogens with zero attached hydrogens (tertiary/aromatic N) is 2. The number of hydrogen-bond acceptors (Lipinski definition) is 6. The van der Waals surface area contributed by atoms with E-state index in [2.05, 4.69) is 0 Å². The standard InChI is InChI=1S/C24H42N2O6/c1-21(2)13-17(14-22(3,4)25(21)29)31-19(27)11-9-10-12-20(28)32-18-15-23(5,6)26(30)24(7,8)16-18/h17-18H,9-16H2,1-8H3. The van der Waals surface area contributed by atoms with Gasteiger partial charge in [-0.2, -0.15) is 0 Å². The third-order valence-electron chi connectivity index (χ3n) is 6.72. The van der Waals surface area contributed by atoms with Gasteiger partial charge in [0, 0.05) is 60.7 Å². The maximum Gasteiger partial charge on any atom is 0.306 e. The molecule has 2 fully saturated rings. The molecule has 0 aromatic carbocycles. The van der Waals surface area contributed by atoms with Crippen LogP contribution >= 0.6 is 0 Å². The Kier molecular flexibility index (Phi) is 8.08. The van der Waals surface area contributed by atoms with Gasteiger partial charge in [0.25, 0.3) is 0 Å². The van der Waals surface area contributed by atoms with Crippen molar-refractivity contribution in [3.8, 4) is 0 Å². The van der Waals surface area contributed by atoms with Crippen molar-refractivity contribution in [2.45, 2.75) is 141 Å². The Bertz CT molecular complexity index is 594. The van der Waals surface area contributed by atoms with Gasteiger partial charge in [0.05, 0.1) is 0 Å². The average molecular weight is 455 g/mol. The topological polar surface area (TPSA) is 98.9 Å². The summed E-state index contributed by atoms with van der Waals surface area (Å²) in [7, 11) is 0. The summed E-state index contributed by atoms with van der Waals surface area (Å²) in [6.07, 6.45) is 3.02. The van der Waals surface area contributed by atoms with Crippen molar-refractivity contribution in [3.63, 3.8) is 0 Å². The van der Waals surface area contributed by atoms with Gasteiger partial charge in [-0.25, -0.2) is 0 Å². The average Bonchev–Trinajstić information content (AvgIpc) is 2.60. The van der Waals surface area contributed by atoms with E-state index in [1.54, 1.807) is 0 Å². The van der Waals surface area contributed by atoms with Crippen molar-refractivity contribution >= 4 is 11.9 Å². The van der Waals surface area contributed by atoms with E-state index in [4.69, 9.17) is 9.47 Å². The Labute approximate surface area is 193 Å². The molecule has 0 aromatic heterocycles. The fourth-order valence-electron chi connectivity index (χ4n) is 5.54. The minimum Gasteiger partial charge on any atom is -0.462 e. The summed E-state index contributed by atoms with van der Waals surface area (Å²) in [5.41, 5.74) is -2.33. The number of rotatable bonds is 7. The van der Waals surface area contributed by atoms with Crippen LogP contribution in [0.15, 0.2) is 0 Å². The molecule has 0 bridgehead atoms. The van der Waals surface area contributed by atoms with Crippen LogP contribution < -0.4 is 0 Å². The lowest BCUT2D eigenvalue weighted by Crippen LogP contribution is -2.60. The molecule has 8 heteroatoms. The van der Waals surface area contributed by atoms with Crippen LogP contribution in [-0.2, 0) is 29.5 Å². The van der Waals surface area contributed by atoms with E-state index in [0.29, 0.717) is 38.5 Å². The number of hydroxylamine groups is 4. The van der Waals surface area contributed by atoms with Crippen molar-refractivity contribution in [1.29, 1.82) is 0 Å². The maximum atomic E-state index is 12.4. The molecular formula is C24H42N2O6. The summed E-state index contributed by atoms with van der Waals surface area (Å²) in [4.78, 5) is 24.6. The number of piperidine rings is 2. The Morgan fingerprint density at radius 3 is 1.12 bits per heavy atom. The molecule has 0 aliphatic carbocycles. The second kappa shape index (κ2) is 9.57. The summed E-state index contributed by atoms with van der Waals surface area (Å²) >= 11 is 0. The summed E-state index contributed by atoms with van der Waals surface area (Å²) < 4.78 is 11.3. The molecule has 32 heavy (non-hydrogen) atoms.